The number of aromatic nitrogens is 4. The van der Waals surface area contributed by atoms with Crippen LogP contribution in [0, 0.1) is 0 Å². The Labute approximate surface area is 128 Å². The second-order valence-electron chi connectivity index (χ2n) is 4.26. The van der Waals surface area contributed by atoms with Gasteiger partial charge >= 0.3 is 6.03 Å². The van der Waals surface area contributed by atoms with Crippen LogP contribution in [0.2, 0.25) is 0 Å². The predicted octanol–water partition coefficient (Wildman–Crippen LogP) is 0.427. The van der Waals surface area contributed by atoms with Crippen molar-refractivity contribution in [2.24, 2.45) is 0 Å². The Morgan fingerprint density at radius 2 is 2.43 bits per heavy atom. The van der Waals surface area contributed by atoms with Gasteiger partial charge in [0.2, 0.25) is 11.1 Å². The highest BCUT2D eigenvalue weighted by atomic mass is 32.2. The van der Waals surface area contributed by atoms with Crippen LogP contribution in [-0.2, 0) is 11.3 Å². The maximum atomic E-state index is 11.9. The first kappa shape index (κ1) is 14.0. The molecule has 0 aromatic carbocycles. The van der Waals surface area contributed by atoms with Crippen molar-refractivity contribution in [1.29, 1.82) is 0 Å². The number of carbonyl (C=O) groups is 2. The number of tetrazole rings is 1. The molecule has 1 aliphatic rings. The molecule has 0 aliphatic carbocycles. The topological polar surface area (TPSA) is 93.0 Å². The van der Waals surface area contributed by atoms with E-state index in [0.717, 1.165) is 4.88 Å². The number of urea groups is 1. The lowest BCUT2D eigenvalue weighted by atomic mass is 10.5. The zero-order chi connectivity index (χ0) is 14.7. The Kier molecular flexibility index (Phi) is 4.15. The van der Waals surface area contributed by atoms with E-state index in [4.69, 9.17) is 0 Å². The zero-order valence-corrected chi connectivity index (χ0v) is 12.6. The number of carbonyl (C=O) groups excluding carboxylic acids is 2. The number of hydrogen-bond donors (Lipinski definition) is 1. The van der Waals surface area contributed by atoms with E-state index < -0.39 is 0 Å². The highest BCUT2D eigenvalue weighted by Crippen LogP contribution is 2.17. The van der Waals surface area contributed by atoms with Gasteiger partial charge in [0.15, 0.2) is 0 Å². The summed E-state index contributed by atoms with van der Waals surface area (Å²) < 4.78 is 1.65. The Hall–Kier alpha value is -1.94. The number of thiophene rings is 1. The van der Waals surface area contributed by atoms with Crippen LogP contribution in [0.25, 0.3) is 0 Å². The third-order valence-corrected chi connectivity index (χ3v) is 4.67. The molecular formula is C11H12N6O2S2. The molecule has 1 N–H and O–H groups in total. The lowest BCUT2D eigenvalue weighted by Gasteiger charge is -2.11. The molecule has 110 valence electrons. The molecule has 10 heteroatoms. The number of imide groups is 1. The van der Waals surface area contributed by atoms with Gasteiger partial charge in [0.1, 0.15) is 0 Å². The fourth-order valence-corrected chi connectivity index (χ4v) is 3.30. The average Bonchev–Trinajstić information content (AvgIpc) is 3.19. The van der Waals surface area contributed by atoms with E-state index in [-0.39, 0.29) is 17.7 Å². The molecule has 2 aromatic heterocycles. The summed E-state index contributed by atoms with van der Waals surface area (Å²) in [5.74, 6) is -0.0984. The molecule has 1 fully saturated rings. The molecule has 0 spiro atoms. The van der Waals surface area contributed by atoms with Crippen LogP contribution in [0.15, 0.2) is 22.7 Å². The molecule has 1 aliphatic heterocycles. The van der Waals surface area contributed by atoms with Gasteiger partial charge in [0.25, 0.3) is 0 Å². The molecule has 0 unspecified atom stereocenters. The molecule has 0 saturated carbocycles. The second kappa shape index (κ2) is 6.22. The van der Waals surface area contributed by atoms with Gasteiger partial charge in [0.05, 0.1) is 12.3 Å². The lowest BCUT2D eigenvalue weighted by Crippen LogP contribution is -2.35. The minimum absolute atomic E-state index is 0.137. The van der Waals surface area contributed by atoms with Gasteiger partial charge in [-0.05, 0) is 21.9 Å². The van der Waals surface area contributed by atoms with Crippen LogP contribution in [-0.4, -0.2) is 55.9 Å². The van der Waals surface area contributed by atoms with Crippen molar-refractivity contribution < 1.29 is 9.59 Å². The molecule has 0 atom stereocenters. The number of amides is 3. The molecule has 1 saturated heterocycles. The quantitative estimate of drug-likeness (QED) is 0.802. The summed E-state index contributed by atoms with van der Waals surface area (Å²) in [6, 6.07) is 3.63. The van der Waals surface area contributed by atoms with Crippen LogP contribution in [0.4, 0.5) is 4.79 Å². The van der Waals surface area contributed by atoms with Crippen LogP contribution in [0.3, 0.4) is 0 Å². The summed E-state index contributed by atoms with van der Waals surface area (Å²) in [4.78, 5) is 25.7. The van der Waals surface area contributed by atoms with Crippen molar-refractivity contribution in [1.82, 2.24) is 30.4 Å². The molecule has 21 heavy (non-hydrogen) atoms. The lowest BCUT2D eigenvalue weighted by molar-refractivity contribution is -0.124. The summed E-state index contributed by atoms with van der Waals surface area (Å²) >= 11 is 2.85. The first-order chi connectivity index (χ1) is 10.2. The number of rotatable bonds is 5. The van der Waals surface area contributed by atoms with Crippen LogP contribution in [0.5, 0.6) is 0 Å². The van der Waals surface area contributed by atoms with Crippen molar-refractivity contribution in [3.05, 3.63) is 22.4 Å². The van der Waals surface area contributed by atoms with E-state index >= 15 is 0 Å². The molecule has 3 rings (SSSR count). The fourth-order valence-electron chi connectivity index (χ4n) is 1.86. The van der Waals surface area contributed by atoms with Crippen molar-refractivity contribution in [2.45, 2.75) is 11.7 Å². The summed E-state index contributed by atoms with van der Waals surface area (Å²) in [6.45, 7) is 1.50. The first-order valence-corrected chi connectivity index (χ1v) is 8.10. The summed E-state index contributed by atoms with van der Waals surface area (Å²) in [5.41, 5.74) is 0. The predicted molar refractivity (Wildman–Crippen MR) is 77.1 cm³/mol. The third kappa shape index (κ3) is 3.22. The summed E-state index contributed by atoms with van der Waals surface area (Å²) in [7, 11) is 0. The zero-order valence-electron chi connectivity index (χ0n) is 10.9. The van der Waals surface area contributed by atoms with E-state index in [0.29, 0.717) is 24.8 Å². The molecule has 0 radical (unpaired) electrons. The van der Waals surface area contributed by atoms with Crippen molar-refractivity contribution in [2.75, 3.05) is 18.8 Å². The Bertz CT molecular complexity index is 641. The van der Waals surface area contributed by atoms with Gasteiger partial charge < -0.3 is 5.32 Å². The Morgan fingerprint density at radius 3 is 3.14 bits per heavy atom. The Morgan fingerprint density at radius 1 is 1.52 bits per heavy atom. The standard InChI is InChI=1S/C11H12N6O2S2/c18-9(16-4-3-12-10(16)19)7-21-11-13-14-15-17(11)6-8-2-1-5-20-8/h1-2,5H,3-4,6-7H2,(H,12,19). The molecule has 3 heterocycles. The first-order valence-electron chi connectivity index (χ1n) is 6.23. The van der Waals surface area contributed by atoms with Crippen LogP contribution >= 0.6 is 23.1 Å². The average molecular weight is 324 g/mol. The van der Waals surface area contributed by atoms with E-state index in [1.807, 2.05) is 17.5 Å². The van der Waals surface area contributed by atoms with E-state index in [1.54, 1.807) is 16.0 Å². The molecule has 2 aromatic rings. The minimum atomic E-state index is -0.334. The van der Waals surface area contributed by atoms with Crippen LogP contribution in [0.1, 0.15) is 4.88 Å². The maximum Gasteiger partial charge on any atom is 0.324 e. The number of hydrogen-bond acceptors (Lipinski definition) is 7. The normalized spacial score (nSPS) is 14.5. The van der Waals surface area contributed by atoms with E-state index in [2.05, 4.69) is 20.8 Å². The number of nitrogens with zero attached hydrogens (tertiary/aromatic N) is 5. The maximum absolute atomic E-state index is 11.9. The third-order valence-electron chi connectivity index (χ3n) is 2.87. The van der Waals surface area contributed by atoms with Gasteiger partial charge in [-0.3, -0.25) is 9.69 Å². The van der Waals surface area contributed by atoms with Gasteiger partial charge in [-0.1, -0.05) is 17.8 Å². The highest BCUT2D eigenvalue weighted by Gasteiger charge is 2.26. The van der Waals surface area contributed by atoms with Crippen molar-refractivity contribution >= 4 is 35.0 Å². The smallest absolute Gasteiger partial charge is 0.324 e. The van der Waals surface area contributed by atoms with Crippen molar-refractivity contribution in [3.8, 4) is 0 Å². The second-order valence-corrected chi connectivity index (χ2v) is 6.24. The van der Waals surface area contributed by atoms with E-state index in [1.165, 1.54) is 16.7 Å². The molecular weight excluding hydrogens is 312 g/mol. The monoisotopic (exact) mass is 324 g/mol. The van der Waals surface area contributed by atoms with Gasteiger partial charge in [-0.15, -0.1) is 16.4 Å². The fraction of sp³-hybridized carbons (Fsp3) is 0.364. The number of nitrogens with one attached hydrogen (secondary N) is 1. The molecule has 8 nitrogen and oxygen atoms in total. The summed E-state index contributed by atoms with van der Waals surface area (Å²) in [5, 5.41) is 16.6. The highest BCUT2D eigenvalue weighted by molar-refractivity contribution is 7.99. The number of thioether (sulfide) groups is 1. The summed E-state index contributed by atoms with van der Waals surface area (Å²) in [6.07, 6.45) is 0. The van der Waals surface area contributed by atoms with Gasteiger partial charge in [-0.2, -0.15) is 0 Å². The van der Waals surface area contributed by atoms with Gasteiger partial charge in [-0.25, -0.2) is 9.48 Å². The largest absolute Gasteiger partial charge is 0.336 e. The van der Waals surface area contributed by atoms with E-state index in [9.17, 15) is 9.59 Å². The van der Waals surface area contributed by atoms with Gasteiger partial charge in [0, 0.05) is 18.0 Å². The minimum Gasteiger partial charge on any atom is -0.336 e. The molecule has 0 bridgehead atoms. The molecule has 3 amide bonds. The van der Waals surface area contributed by atoms with Crippen molar-refractivity contribution in [3.63, 3.8) is 0 Å². The Balaban J connectivity index is 1.59. The SMILES string of the molecule is O=C(CSc1nnnn1Cc1cccs1)N1CCNC1=O. The van der Waals surface area contributed by atoms with Crippen LogP contribution < -0.4 is 5.32 Å².